The lowest BCUT2D eigenvalue weighted by atomic mass is 10.3. The second-order valence-corrected chi connectivity index (χ2v) is 4.72. The van der Waals surface area contributed by atoms with Crippen molar-refractivity contribution in [2.45, 2.75) is 12.8 Å². The summed E-state index contributed by atoms with van der Waals surface area (Å²) in [7, 11) is 0. The fourth-order valence-electron chi connectivity index (χ4n) is 1.23. The number of pyridine rings is 1. The SMILES string of the molecule is Nc1c(Cl)ncc(Br)c1NCC1CC1. The molecule has 0 spiro atoms. The molecule has 1 fully saturated rings. The Morgan fingerprint density at radius 2 is 2.36 bits per heavy atom. The van der Waals surface area contributed by atoms with E-state index in [0.717, 1.165) is 22.6 Å². The molecular weight excluding hydrogens is 265 g/mol. The highest BCUT2D eigenvalue weighted by atomic mass is 79.9. The van der Waals surface area contributed by atoms with Crippen molar-refractivity contribution in [3.05, 3.63) is 15.8 Å². The Kier molecular flexibility index (Phi) is 2.83. The molecule has 1 aliphatic rings. The van der Waals surface area contributed by atoms with Crippen LogP contribution in [0.4, 0.5) is 11.4 Å². The molecule has 76 valence electrons. The Morgan fingerprint density at radius 1 is 1.64 bits per heavy atom. The van der Waals surface area contributed by atoms with Gasteiger partial charge in [-0.25, -0.2) is 4.98 Å². The number of aromatic nitrogens is 1. The highest BCUT2D eigenvalue weighted by molar-refractivity contribution is 9.10. The van der Waals surface area contributed by atoms with Gasteiger partial charge < -0.3 is 11.1 Å². The minimum atomic E-state index is 0.353. The first-order valence-electron chi connectivity index (χ1n) is 4.52. The molecule has 2 rings (SSSR count). The molecule has 0 radical (unpaired) electrons. The normalized spacial score (nSPS) is 15.6. The number of nitrogen functional groups attached to an aromatic ring is 1. The third kappa shape index (κ3) is 2.12. The van der Waals surface area contributed by atoms with E-state index in [1.54, 1.807) is 6.20 Å². The smallest absolute Gasteiger partial charge is 0.154 e. The van der Waals surface area contributed by atoms with E-state index in [0.29, 0.717) is 10.8 Å². The topological polar surface area (TPSA) is 50.9 Å². The maximum absolute atomic E-state index is 5.82. The Hall–Kier alpha value is -0.480. The monoisotopic (exact) mass is 275 g/mol. The number of rotatable bonds is 3. The molecule has 0 amide bonds. The summed E-state index contributed by atoms with van der Waals surface area (Å²) in [6.07, 6.45) is 4.28. The minimum absolute atomic E-state index is 0.353. The number of halogens is 2. The standard InChI is InChI=1S/C9H11BrClN3/c10-6-4-14-9(11)7(12)8(6)13-3-5-1-2-5/h4-5H,1-3,12H2,(H,13,14). The van der Waals surface area contributed by atoms with Crippen LogP contribution in [0, 0.1) is 5.92 Å². The van der Waals surface area contributed by atoms with Crippen molar-refractivity contribution in [2.75, 3.05) is 17.6 Å². The summed E-state index contributed by atoms with van der Waals surface area (Å²) in [5.41, 5.74) is 7.18. The van der Waals surface area contributed by atoms with Crippen LogP contribution in [0.3, 0.4) is 0 Å². The van der Waals surface area contributed by atoms with Crippen LogP contribution < -0.4 is 11.1 Å². The van der Waals surface area contributed by atoms with Crippen molar-refractivity contribution in [1.82, 2.24) is 4.98 Å². The average Bonchev–Trinajstić information content (AvgIpc) is 2.95. The quantitative estimate of drug-likeness (QED) is 0.835. The summed E-state index contributed by atoms with van der Waals surface area (Å²) in [6, 6.07) is 0. The summed E-state index contributed by atoms with van der Waals surface area (Å²) in [6.45, 7) is 0.961. The largest absolute Gasteiger partial charge is 0.395 e. The zero-order valence-corrected chi connectivity index (χ0v) is 9.90. The number of nitrogens with one attached hydrogen (secondary N) is 1. The average molecular weight is 277 g/mol. The van der Waals surface area contributed by atoms with Crippen molar-refractivity contribution in [2.24, 2.45) is 5.92 Å². The number of hydrogen-bond acceptors (Lipinski definition) is 3. The zero-order chi connectivity index (χ0) is 10.1. The van der Waals surface area contributed by atoms with Crippen molar-refractivity contribution >= 4 is 38.9 Å². The lowest BCUT2D eigenvalue weighted by Crippen LogP contribution is -2.07. The molecule has 1 heterocycles. The Labute approximate surface area is 96.2 Å². The molecule has 1 aromatic heterocycles. The highest BCUT2D eigenvalue weighted by Gasteiger charge is 2.21. The second-order valence-electron chi connectivity index (χ2n) is 3.51. The van der Waals surface area contributed by atoms with Crippen LogP contribution in [-0.4, -0.2) is 11.5 Å². The summed E-state index contributed by atoms with van der Waals surface area (Å²) < 4.78 is 0.861. The van der Waals surface area contributed by atoms with Crippen molar-refractivity contribution in [1.29, 1.82) is 0 Å². The van der Waals surface area contributed by atoms with Crippen LogP contribution >= 0.6 is 27.5 Å². The van der Waals surface area contributed by atoms with Gasteiger partial charge in [0, 0.05) is 12.7 Å². The van der Waals surface area contributed by atoms with E-state index in [2.05, 4.69) is 26.2 Å². The molecule has 1 aromatic rings. The molecule has 0 saturated heterocycles. The van der Waals surface area contributed by atoms with Gasteiger partial charge in [0.1, 0.15) is 0 Å². The molecule has 1 aliphatic carbocycles. The van der Waals surface area contributed by atoms with Gasteiger partial charge in [-0.1, -0.05) is 11.6 Å². The van der Waals surface area contributed by atoms with Gasteiger partial charge in [0.15, 0.2) is 5.15 Å². The molecule has 0 aromatic carbocycles. The summed E-state index contributed by atoms with van der Waals surface area (Å²) in [5.74, 6) is 0.799. The first kappa shape index (κ1) is 10.1. The lowest BCUT2D eigenvalue weighted by molar-refractivity contribution is 0.888. The first-order chi connectivity index (χ1) is 6.68. The van der Waals surface area contributed by atoms with Crippen molar-refractivity contribution < 1.29 is 0 Å². The van der Waals surface area contributed by atoms with Gasteiger partial charge in [0.25, 0.3) is 0 Å². The number of nitrogens with zero attached hydrogens (tertiary/aromatic N) is 1. The van der Waals surface area contributed by atoms with Crippen LogP contribution in [0.1, 0.15) is 12.8 Å². The van der Waals surface area contributed by atoms with Crippen LogP contribution in [0.15, 0.2) is 10.7 Å². The van der Waals surface area contributed by atoms with E-state index in [4.69, 9.17) is 17.3 Å². The van der Waals surface area contributed by atoms with Gasteiger partial charge >= 0.3 is 0 Å². The summed E-state index contributed by atoms with van der Waals surface area (Å²) in [4.78, 5) is 3.94. The van der Waals surface area contributed by atoms with Crippen LogP contribution in [-0.2, 0) is 0 Å². The number of anilines is 2. The van der Waals surface area contributed by atoms with Crippen LogP contribution in [0.5, 0.6) is 0 Å². The molecule has 5 heteroatoms. The maximum atomic E-state index is 5.82. The predicted molar refractivity (Wildman–Crippen MR) is 62.6 cm³/mol. The van der Waals surface area contributed by atoms with E-state index in [-0.39, 0.29) is 0 Å². The molecule has 14 heavy (non-hydrogen) atoms. The minimum Gasteiger partial charge on any atom is -0.395 e. The molecule has 3 nitrogen and oxygen atoms in total. The number of hydrogen-bond donors (Lipinski definition) is 2. The maximum Gasteiger partial charge on any atom is 0.154 e. The van der Waals surface area contributed by atoms with E-state index >= 15 is 0 Å². The Bertz CT molecular complexity index is 352. The van der Waals surface area contributed by atoms with Crippen LogP contribution in [0.25, 0.3) is 0 Å². The van der Waals surface area contributed by atoms with Crippen molar-refractivity contribution in [3.63, 3.8) is 0 Å². The zero-order valence-electron chi connectivity index (χ0n) is 7.56. The molecule has 1 saturated carbocycles. The third-order valence-electron chi connectivity index (χ3n) is 2.29. The van der Waals surface area contributed by atoms with Gasteiger partial charge in [-0.15, -0.1) is 0 Å². The van der Waals surface area contributed by atoms with E-state index in [1.807, 2.05) is 0 Å². The highest BCUT2D eigenvalue weighted by Crippen LogP contribution is 2.35. The van der Waals surface area contributed by atoms with Gasteiger partial charge in [-0.3, -0.25) is 0 Å². The fraction of sp³-hybridized carbons (Fsp3) is 0.444. The van der Waals surface area contributed by atoms with Gasteiger partial charge in [-0.05, 0) is 34.7 Å². The second kappa shape index (κ2) is 3.95. The lowest BCUT2D eigenvalue weighted by Gasteiger charge is -2.11. The molecule has 3 N–H and O–H groups in total. The summed E-state index contributed by atoms with van der Waals surface area (Å²) >= 11 is 9.21. The van der Waals surface area contributed by atoms with Gasteiger partial charge in [-0.2, -0.15) is 0 Å². The predicted octanol–water partition coefficient (Wildman–Crippen LogP) is 2.90. The molecular formula is C9H11BrClN3. The molecule has 0 aliphatic heterocycles. The summed E-state index contributed by atoms with van der Waals surface area (Å²) in [5, 5.41) is 3.64. The molecule has 0 unspecified atom stereocenters. The molecule has 0 bridgehead atoms. The number of nitrogens with two attached hydrogens (primary N) is 1. The molecule has 0 atom stereocenters. The first-order valence-corrected chi connectivity index (χ1v) is 5.69. The van der Waals surface area contributed by atoms with E-state index in [9.17, 15) is 0 Å². The van der Waals surface area contributed by atoms with E-state index < -0.39 is 0 Å². The van der Waals surface area contributed by atoms with Gasteiger partial charge in [0.05, 0.1) is 15.8 Å². The van der Waals surface area contributed by atoms with Gasteiger partial charge in [0.2, 0.25) is 0 Å². The fourth-order valence-corrected chi connectivity index (χ4v) is 1.83. The Balaban J connectivity index is 2.16. The third-order valence-corrected chi connectivity index (χ3v) is 3.19. The van der Waals surface area contributed by atoms with Crippen LogP contribution in [0.2, 0.25) is 5.15 Å². The van der Waals surface area contributed by atoms with Crippen molar-refractivity contribution in [3.8, 4) is 0 Å². The Morgan fingerprint density at radius 3 is 3.00 bits per heavy atom. The van der Waals surface area contributed by atoms with E-state index in [1.165, 1.54) is 12.8 Å².